The van der Waals surface area contributed by atoms with Gasteiger partial charge in [-0.2, -0.15) is 5.26 Å². The van der Waals surface area contributed by atoms with E-state index in [0.717, 1.165) is 0 Å². The quantitative estimate of drug-likeness (QED) is 0.853. The van der Waals surface area contributed by atoms with Crippen molar-refractivity contribution in [3.05, 3.63) is 64.1 Å². The van der Waals surface area contributed by atoms with E-state index in [0.29, 0.717) is 15.6 Å². The van der Waals surface area contributed by atoms with Gasteiger partial charge in [0.05, 0.1) is 11.0 Å². The molecule has 2 aromatic rings. The molecule has 0 saturated heterocycles. The number of benzene rings is 2. The van der Waals surface area contributed by atoms with Crippen LogP contribution < -0.4 is 0 Å². The molecule has 128 valence electrons. The number of nitrogens with zero attached hydrogens (tertiary/aromatic N) is 1. The molecule has 2 aromatic carbocycles. The van der Waals surface area contributed by atoms with Crippen LogP contribution >= 0.6 is 23.2 Å². The Morgan fingerprint density at radius 1 is 1.12 bits per heavy atom. The van der Waals surface area contributed by atoms with Gasteiger partial charge in [0.2, 0.25) is 0 Å². The zero-order chi connectivity index (χ0) is 18.4. The van der Waals surface area contributed by atoms with E-state index in [1.165, 1.54) is 30.3 Å². The van der Waals surface area contributed by atoms with E-state index in [9.17, 15) is 23.6 Å². The van der Waals surface area contributed by atoms with E-state index in [4.69, 9.17) is 23.2 Å². The van der Waals surface area contributed by atoms with Gasteiger partial charge in [-0.3, -0.25) is 4.79 Å². The summed E-state index contributed by atoms with van der Waals surface area (Å²) >= 11 is 11.7. The van der Waals surface area contributed by atoms with Gasteiger partial charge in [-0.05, 0) is 42.0 Å². The van der Waals surface area contributed by atoms with Crippen molar-refractivity contribution in [2.75, 3.05) is 0 Å². The number of sulfone groups is 1. The molecule has 0 bridgehead atoms. The van der Waals surface area contributed by atoms with Crippen molar-refractivity contribution in [2.45, 2.75) is 16.1 Å². The van der Waals surface area contributed by atoms with Crippen LogP contribution in [0.5, 0.6) is 0 Å². The fourth-order valence-corrected chi connectivity index (χ4v) is 5.70. The Labute approximate surface area is 154 Å². The first-order valence-corrected chi connectivity index (χ1v) is 9.45. The van der Waals surface area contributed by atoms with Crippen LogP contribution in [0.25, 0.3) is 0 Å². The Morgan fingerprint density at radius 2 is 1.76 bits per heavy atom. The van der Waals surface area contributed by atoms with Crippen molar-refractivity contribution >= 4 is 39.0 Å². The van der Waals surface area contributed by atoms with Gasteiger partial charge in [0, 0.05) is 16.0 Å². The highest BCUT2D eigenvalue weighted by Gasteiger charge is 2.77. The number of rotatable bonds is 4. The fourth-order valence-electron chi connectivity index (χ4n) is 3.12. The van der Waals surface area contributed by atoms with Gasteiger partial charge in [0.15, 0.2) is 15.3 Å². The topological polar surface area (TPSA) is 95.2 Å². The van der Waals surface area contributed by atoms with Gasteiger partial charge in [0.25, 0.3) is 0 Å². The lowest BCUT2D eigenvalue weighted by molar-refractivity contribution is -0.141. The maximum Gasteiger partial charge on any atom is 0.326 e. The first-order chi connectivity index (χ1) is 11.7. The molecule has 1 fully saturated rings. The largest absolute Gasteiger partial charge is 0.480 e. The summed E-state index contributed by atoms with van der Waals surface area (Å²) in [5.74, 6) is -2.48. The van der Waals surface area contributed by atoms with Crippen LogP contribution in [0, 0.1) is 16.7 Å². The summed E-state index contributed by atoms with van der Waals surface area (Å²) in [5.41, 5.74) is -1.65. The molecule has 3 atom stereocenters. The molecule has 25 heavy (non-hydrogen) atoms. The van der Waals surface area contributed by atoms with Gasteiger partial charge >= 0.3 is 5.97 Å². The zero-order valence-electron chi connectivity index (χ0n) is 12.6. The number of hydrogen-bond acceptors (Lipinski definition) is 4. The zero-order valence-corrected chi connectivity index (χ0v) is 14.9. The van der Waals surface area contributed by atoms with Crippen LogP contribution in [0.3, 0.4) is 0 Å². The van der Waals surface area contributed by atoms with E-state index in [1.54, 1.807) is 24.3 Å². The molecule has 0 aromatic heterocycles. The van der Waals surface area contributed by atoms with E-state index in [1.807, 2.05) is 0 Å². The molecular weight excluding hydrogens is 385 g/mol. The van der Waals surface area contributed by atoms with E-state index in [-0.39, 0.29) is 4.90 Å². The molecule has 3 rings (SSSR count). The Morgan fingerprint density at radius 3 is 2.28 bits per heavy atom. The fraction of sp³-hybridized carbons (Fsp3) is 0.176. The molecule has 1 aliphatic carbocycles. The Bertz CT molecular complexity index is 998. The van der Waals surface area contributed by atoms with Crippen molar-refractivity contribution in [1.82, 2.24) is 0 Å². The molecule has 0 amide bonds. The molecule has 0 heterocycles. The first-order valence-electron chi connectivity index (χ1n) is 7.14. The maximum absolute atomic E-state index is 13.0. The SMILES string of the molecule is N#C[C@@]1(C(=O)O)[C@@H](c2cccc(Cl)c2)[C@@H]1S(=O)(=O)c1ccc(Cl)cc1. The third-order valence-corrected chi connectivity index (χ3v) is 7.08. The van der Waals surface area contributed by atoms with E-state index in [2.05, 4.69) is 0 Å². The van der Waals surface area contributed by atoms with Gasteiger partial charge < -0.3 is 5.11 Å². The van der Waals surface area contributed by atoms with Crippen LogP contribution in [0.4, 0.5) is 0 Å². The van der Waals surface area contributed by atoms with Crippen LogP contribution in [-0.2, 0) is 14.6 Å². The molecule has 0 radical (unpaired) electrons. The van der Waals surface area contributed by atoms with E-state index < -0.39 is 32.4 Å². The monoisotopic (exact) mass is 395 g/mol. The van der Waals surface area contributed by atoms with Crippen LogP contribution in [0.15, 0.2) is 53.4 Å². The second-order valence-electron chi connectivity index (χ2n) is 5.74. The summed E-state index contributed by atoms with van der Waals surface area (Å²) in [7, 11) is -4.06. The summed E-state index contributed by atoms with van der Waals surface area (Å²) < 4.78 is 25.9. The highest BCUT2D eigenvalue weighted by molar-refractivity contribution is 7.92. The van der Waals surface area contributed by atoms with E-state index >= 15 is 0 Å². The predicted molar refractivity (Wildman–Crippen MR) is 92.3 cm³/mol. The third kappa shape index (κ3) is 2.69. The van der Waals surface area contributed by atoms with Crippen molar-refractivity contribution in [2.24, 2.45) is 5.41 Å². The number of halogens is 2. The molecule has 5 nitrogen and oxygen atoms in total. The highest BCUT2D eigenvalue weighted by atomic mass is 35.5. The Balaban J connectivity index is 2.14. The summed E-state index contributed by atoms with van der Waals surface area (Å²) in [4.78, 5) is 11.7. The first kappa shape index (κ1) is 17.7. The molecule has 8 heteroatoms. The second kappa shape index (κ2) is 6.03. The van der Waals surface area contributed by atoms with Crippen molar-refractivity contribution in [1.29, 1.82) is 5.26 Å². The Hall–Kier alpha value is -2.07. The molecule has 0 aliphatic heterocycles. The van der Waals surface area contributed by atoms with Crippen molar-refractivity contribution in [3.63, 3.8) is 0 Å². The second-order valence-corrected chi connectivity index (χ2v) is 8.68. The number of nitriles is 1. The van der Waals surface area contributed by atoms with Crippen molar-refractivity contribution < 1.29 is 18.3 Å². The summed E-state index contributed by atoms with van der Waals surface area (Å²) in [6.07, 6.45) is 0. The molecule has 1 aliphatic rings. The Kier molecular flexibility index (Phi) is 4.28. The van der Waals surface area contributed by atoms with Gasteiger partial charge in [-0.1, -0.05) is 35.3 Å². The van der Waals surface area contributed by atoms with Crippen LogP contribution in [-0.4, -0.2) is 24.7 Å². The normalized spacial score (nSPS) is 25.2. The minimum absolute atomic E-state index is 0.0766. The lowest BCUT2D eigenvalue weighted by Crippen LogP contribution is -2.22. The molecule has 0 unspecified atom stereocenters. The summed E-state index contributed by atoms with van der Waals surface area (Å²) in [6, 6.07) is 13.4. The average Bonchev–Trinajstić information content (AvgIpc) is 3.27. The lowest BCUT2D eigenvalue weighted by Gasteiger charge is -2.05. The van der Waals surface area contributed by atoms with Crippen molar-refractivity contribution in [3.8, 4) is 6.07 Å². The van der Waals surface area contributed by atoms with Crippen LogP contribution in [0.1, 0.15) is 11.5 Å². The number of carboxylic acid groups (broad SMARTS) is 1. The average molecular weight is 396 g/mol. The third-order valence-electron chi connectivity index (χ3n) is 4.36. The van der Waals surface area contributed by atoms with Gasteiger partial charge in [0.1, 0.15) is 5.25 Å². The minimum Gasteiger partial charge on any atom is -0.480 e. The lowest BCUT2D eigenvalue weighted by atomic mass is 10.0. The highest BCUT2D eigenvalue weighted by Crippen LogP contribution is 2.64. The number of aliphatic carboxylic acids is 1. The molecule has 1 N–H and O–H groups in total. The predicted octanol–water partition coefficient (Wildman–Crippen LogP) is 3.53. The number of hydrogen-bond donors (Lipinski definition) is 1. The maximum atomic E-state index is 13.0. The molecule has 0 spiro atoms. The van der Waals surface area contributed by atoms with Gasteiger partial charge in [-0.15, -0.1) is 0 Å². The molecule has 1 saturated carbocycles. The van der Waals surface area contributed by atoms with Crippen LogP contribution in [0.2, 0.25) is 10.0 Å². The number of carbonyl (C=O) groups is 1. The van der Waals surface area contributed by atoms with Gasteiger partial charge in [-0.25, -0.2) is 8.42 Å². The standard InChI is InChI=1S/C17H11Cl2NO4S/c18-11-4-6-13(7-5-11)25(23,24)15-14(17(15,9-20)16(21)22)10-2-1-3-12(19)8-10/h1-8,14-15H,(H,21,22)/t14-,15-,17+/m0/s1. The number of carboxylic acids is 1. The smallest absolute Gasteiger partial charge is 0.326 e. The molecular formula is C17H11Cl2NO4S. The summed E-state index contributed by atoms with van der Waals surface area (Å²) in [6.45, 7) is 0. The minimum atomic E-state index is -4.06. The summed E-state index contributed by atoms with van der Waals surface area (Å²) in [5, 5.41) is 18.4.